The molecule has 4 heterocycles. The number of rotatable bonds is 2. The summed E-state index contributed by atoms with van der Waals surface area (Å²) in [4.78, 5) is 2.57. The number of nitrogens with zero attached hydrogens (tertiary/aromatic N) is 1. The Morgan fingerprint density at radius 3 is 2.81 bits per heavy atom. The zero-order valence-electron chi connectivity index (χ0n) is 19.1. The van der Waals surface area contributed by atoms with Crippen LogP contribution in [-0.2, 0) is 14.2 Å². The summed E-state index contributed by atoms with van der Waals surface area (Å²) >= 11 is 0. The second-order valence-corrected chi connectivity index (χ2v) is 10.2. The number of hydrazine groups is 1. The van der Waals surface area contributed by atoms with Crippen molar-refractivity contribution in [2.75, 3.05) is 40.1 Å². The van der Waals surface area contributed by atoms with E-state index < -0.39 is 0 Å². The van der Waals surface area contributed by atoms with Gasteiger partial charge in [0.2, 0.25) is 0 Å². The first-order valence-electron chi connectivity index (χ1n) is 12.4. The third-order valence-electron chi connectivity index (χ3n) is 8.06. The number of likely N-dealkylation sites (tertiary alicyclic amines) is 1. The number of fused-ring (bicyclic) bond motifs is 4. The molecule has 9 nitrogen and oxygen atoms in total. The lowest BCUT2D eigenvalue weighted by Crippen LogP contribution is -2.68. The predicted octanol–water partition coefficient (Wildman–Crippen LogP) is -0.303. The lowest BCUT2D eigenvalue weighted by molar-refractivity contribution is -0.0399. The lowest BCUT2D eigenvalue weighted by Gasteiger charge is -2.45. The molecule has 9 heteroatoms. The molecule has 0 aromatic rings. The van der Waals surface area contributed by atoms with Gasteiger partial charge in [0.15, 0.2) is 0 Å². The van der Waals surface area contributed by atoms with E-state index >= 15 is 0 Å². The molecule has 5 rings (SSSR count). The minimum atomic E-state index is 0.146. The Morgan fingerprint density at radius 2 is 1.94 bits per heavy atom. The van der Waals surface area contributed by atoms with Crippen LogP contribution in [0.2, 0.25) is 0 Å². The third kappa shape index (κ3) is 5.26. The van der Waals surface area contributed by atoms with Crippen molar-refractivity contribution in [1.29, 1.82) is 0 Å². The molecule has 5 aliphatic rings. The maximum absolute atomic E-state index is 6.46. The number of hydrogen-bond acceptors (Lipinski definition) is 9. The van der Waals surface area contributed by atoms with Crippen molar-refractivity contribution in [1.82, 2.24) is 31.7 Å². The summed E-state index contributed by atoms with van der Waals surface area (Å²) in [6, 6.07) is 1.34. The molecule has 0 aromatic heterocycles. The highest BCUT2D eigenvalue weighted by atomic mass is 16.5. The Balaban J connectivity index is 1.32. The topological polar surface area (TPSA) is 91.1 Å². The molecule has 0 amide bonds. The van der Waals surface area contributed by atoms with Crippen LogP contribution in [0, 0.1) is 5.92 Å². The highest BCUT2D eigenvalue weighted by molar-refractivity contribution is 5.04. The zero-order valence-corrected chi connectivity index (χ0v) is 19.1. The van der Waals surface area contributed by atoms with Crippen molar-refractivity contribution in [3.63, 3.8) is 0 Å². The van der Waals surface area contributed by atoms with Gasteiger partial charge in [0.05, 0.1) is 44.0 Å². The highest BCUT2D eigenvalue weighted by Gasteiger charge is 2.47. The molecule has 4 aliphatic heterocycles. The second kappa shape index (κ2) is 10.3. The molecular formula is C22H42N6O3. The first-order valence-corrected chi connectivity index (χ1v) is 12.4. The van der Waals surface area contributed by atoms with Gasteiger partial charge >= 0.3 is 0 Å². The van der Waals surface area contributed by atoms with Crippen LogP contribution in [0.1, 0.15) is 45.4 Å². The first-order chi connectivity index (χ1) is 15.2. The van der Waals surface area contributed by atoms with Crippen LogP contribution in [0.3, 0.4) is 0 Å². The second-order valence-electron chi connectivity index (χ2n) is 10.2. The normalized spacial score (nSPS) is 47.6. The molecule has 0 aromatic carbocycles. The molecule has 5 fully saturated rings. The van der Waals surface area contributed by atoms with Gasteiger partial charge in [-0.05, 0) is 57.9 Å². The van der Waals surface area contributed by atoms with Gasteiger partial charge < -0.3 is 14.2 Å². The van der Waals surface area contributed by atoms with E-state index in [0.717, 1.165) is 51.7 Å². The fourth-order valence-electron chi connectivity index (χ4n) is 6.34. The summed E-state index contributed by atoms with van der Waals surface area (Å²) in [6.45, 7) is 6.47. The van der Waals surface area contributed by atoms with Crippen molar-refractivity contribution in [2.24, 2.45) is 5.92 Å². The summed E-state index contributed by atoms with van der Waals surface area (Å²) in [5.74, 6) is 0.595. The summed E-state index contributed by atoms with van der Waals surface area (Å²) in [6.07, 6.45) is 8.19. The SMILES string of the molecule is CO[C@@H]1CCN(C2CC3NC(COCNCC[C@@H](C)OC4CCC5NNC3C5C4)N2)C1. The molecule has 5 N–H and O–H groups in total. The van der Waals surface area contributed by atoms with E-state index in [2.05, 4.69) is 38.6 Å². The summed E-state index contributed by atoms with van der Waals surface area (Å²) in [5.41, 5.74) is 7.31. The van der Waals surface area contributed by atoms with Crippen molar-refractivity contribution in [2.45, 2.75) is 94.2 Å². The van der Waals surface area contributed by atoms with Crippen LogP contribution in [0.5, 0.6) is 0 Å². The fraction of sp³-hybridized carbons (Fsp3) is 1.00. The largest absolute Gasteiger partial charge is 0.380 e. The Kier molecular flexibility index (Phi) is 7.44. The predicted molar refractivity (Wildman–Crippen MR) is 118 cm³/mol. The van der Waals surface area contributed by atoms with Crippen molar-refractivity contribution in [3.05, 3.63) is 0 Å². The van der Waals surface area contributed by atoms with E-state index in [0.29, 0.717) is 55.8 Å². The number of methoxy groups -OCH3 is 1. The molecule has 0 radical (unpaired) electrons. The fourth-order valence-corrected chi connectivity index (χ4v) is 6.34. The van der Waals surface area contributed by atoms with Crippen LogP contribution in [0.4, 0.5) is 0 Å². The molecule has 9 atom stereocenters. The van der Waals surface area contributed by atoms with Crippen LogP contribution >= 0.6 is 0 Å². The zero-order chi connectivity index (χ0) is 21.2. The minimum Gasteiger partial charge on any atom is -0.380 e. The number of ether oxygens (including phenoxy) is 3. The van der Waals surface area contributed by atoms with Gasteiger partial charge in [0.25, 0.3) is 0 Å². The van der Waals surface area contributed by atoms with Crippen molar-refractivity contribution < 1.29 is 14.2 Å². The van der Waals surface area contributed by atoms with Crippen LogP contribution < -0.4 is 26.8 Å². The van der Waals surface area contributed by atoms with Gasteiger partial charge in [-0.1, -0.05) is 0 Å². The van der Waals surface area contributed by atoms with E-state index in [1.165, 1.54) is 6.42 Å². The number of nitrogens with one attached hydrogen (secondary N) is 5. The van der Waals surface area contributed by atoms with E-state index in [-0.39, 0.29) is 12.3 Å². The Bertz CT molecular complexity index is 585. The van der Waals surface area contributed by atoms with Gasteiger partial charge in [-0.3, -0.25) is 31.7 Å². The molecule has 7 unspecified atom stereocenters. The Hall–Kier alpha value is -0.360. The minimum absolute atomic E-state index is 0.146. The van der Waals surface area contributed by atoms with Gasteiger partial charge in [0, 0.05) is 38.3 Å². The van der Waals surface area contributed by atoms with E-state index in [1.807, 2.05) is 7.11 Å². The summed E-state index contributed by atoms with van der Waals surface area (Å²) in [5, 5.41) is 11.1. The highest BCUT2D eigenvalue weighted by Crippen LogP contribution is 2.35. The van der Waals surface area contributed by atoms with E-state index in [4.69, 9.17) is 14.2 Å². The molecule has 178 valence electrons. The average Bonchev–Trinajstić information content (AvgIpc) is 3.42. The average molecular weight is 439 g/mol. The third-order valence-corrected chi connectivity index (χ3v) is 8.06. The summed E-state index contributed by atoms with van der Waals surface area (Å²) < 4.78 is 18.1. The van der Waals surface area contributed by atoms with Crippen LogP contribution in [0.25, 0.3) is 0 Å². The Labute approximate surface area is 186 Å². The van der Waals surface area contributed by atoms with E-state index in [9.17, 15) is 0 Å². The van der Waals surface area contributed by atoms with Crippen molar-refractivity contribution in [3.8, 4) is 0 Å². The van der Waals surface area contributed by atoms with Crippen LogP contribution in [0.15, 0.2) is 0 Å². The quantitative estimate of drug-likeness (QED) is 0.399. The van der Waals surface area contributed by atoms with Crippen molar-refractivity contribution >= 4 is 0 Å². The molecule has 31 heavy (non-hydrogen) atoms. The van der Waals surface area contributed by atoms with Gasteiger partial charge in [-0.2, -0.15) is 0 Å². The van der Waals surface area contributed by atoms with Gasteiger partial charge in [-0.25, -0.2) is 0 Å². The number of hydrogen-bond donors (Lipinski definition) is 5. The monoisotopic (exact) mass is 438 g/mol. The molecule has 4 bridgehead atoms. The molecule has 1 aliphatic carbocycles. The Morgan fingerprint density at radius 1 is 1.00 bits per heavy atom. The first kappa shape index (κ1) is 22.4. The molecule has 0 spiro atoms. The lowest BCUT2D eigenvalue weighted by atomic mass is 9.77. The smallest absolute Gasteiger partial charge is 0.0966 e. The van der Waals surface area contributed by atoms with Gasteiger partial charge in [-0.15, -0.1) is 0 Å². The maximum atomic E-state index is 6.46. The molecule has 4 saturated heterocycles. The standard InChI is InChI=1S/C22H42N6O3/c1-14-5-7-23-13-30-12-20-24-19(10-21(25-20)28-8-6-16(11-28)29-2)22-17-9-15(31-14)3-4-18(17)26-27-22/h14-27H,3-13H2,1-2H3/t14-,15?,16-,17?,18?,19?,20?,21?,22?/m1/s1. The van der Waals surface area contributed by atoms with E-state index in [1.54, 1.807) is 0 Å². The summed E-state index contributed by atoms with van der Waals surface area (Å²) in [7, 11) is 1.83. The maximum Gasteiger partial charge on any atom is 0.0966 e. The van der Waals surface area contributed by atoms with Gasteiger partial charge in [0.1, 0.15) is 0 Å². The molecule has 1 saturated carbocycles. The molecular weight excluding hydrogens is 396 g/mol. The van der Waals surface area contributed by atoms with Crippen LogP contribution in [-0.4, -0.2) is 93.8 Å².